The molecule has 3 amide bonds. The van der Waals surface area contributed by atoms with Crippen molar-refractivity contribution < 1.29 is 22.8 Å². The highest BCUT2D eigenvalue weighted by Gasteiger charge is 2.51. The fourth-order valence-corrected chi connectivity index (χ4v) is 4.44. The summed E-state index contributed by atoms with van der Waals surface area (Å²) in [6.45, 7) is 1.46. The SMILES string of the molecule is CNC(=O)N1CCC2(CC1)CN(c1ccc(C#N)c(C(F)(F)F)c1)CC2C(N)=O. The minimum Gasteiger partial charge on any atom is -0.370 e. The van der Waals surface area contributed by atoms with Crippen LogP contribution in [-0.4, -0.2) is 50.1 Å². The molecule has 29 heavy (non-hydrogen) atoms. The minimum atomic E-state index is -4.65. The van der Waals surface area contributed by atoms with E-state index in [4.69, 9.17) is 11.0 Å². The molecule has 2 heterocycles. The number of benzene rings is 1. The van der Waals surface area contributed by atoms with E-state index < -0.39 is 34.5 Å². The van der Waals surface area contributed by atoms with E-state index in [1.54, 1.807) is 22.9 Å². The Bertz CT molecular complexity index is 856. The number of nitriles is 1. The van der Waals surface area contributed by atoms with Crippen LogP contribution in [0.15, 0.2) is 18.2 Å². The number of alkyl halides is 3. The van der Waals surface area contributed by atoms with E-state index in [0.29, 0.717) is 38.2 Å². The number of primary amides is 1. The zero-order chi connectivity index (χ0) is 21.4. The highest BCUT2D eigenvalue weighted by Crippen LogP contribution is 2.46. The third-order valence-electron chi connectivity index (χ3n) is 6.05. The second-order valence-corrected chi connectivity index (χ2v) is 7.58. The summed E-state index contributed by atoms with van der Waals surface area (Å²) in [5, 5.41) is 11.5. The second kappa shape index (κ2) is 7.46. The molecule has 2 saturated heterocycles. The molecule has 10 heteroatoms. The minimum absolute atomic E-state index is 0.202. The van der Waals surface area contributed by atoms with Gasteiger partial charge in [-0.2, -0.15) is 18.4 Å². The molecule has 0 saturated carbocycles. The first kappa shape index (κ1) is 20.8. The fourth-order valence-electron chi connectivity index (χ4n) is 4.44. The maximum Gasteiger partial charge on any atom is 0.417 e. The Balaban J connectivity index is 1.88. The molecule has 2 aliphatic rings. The molecule has 0 radical (unpaired) electrons. The average Bonchev–Trinajstić information content (AvgIpc) is 3.06. The lowest BCUT2D eigenvalue weighted by atomic mass is 9.70. The summed E-state index contributed by atoms with van der Waals surface area (Å²) in [6, 6.07) is 4.93. The Labute approximate surface area is 166 Å². The van der Waals surface area contributed by atoms with Crippen LogP contribution in [0.2, 0.25) is 0 Å². The van der Waals surface area contributed by atoms with Crippen molar-refractivity contribution in [3.63, 3.8) is 0 Å². The van der Waals surface area contributed by atoms with Gasteiger partial charge in [0.15, 0.2) is 0 Å². The Morgan fingerprint density at radius 2 is 1.97 bits per heavy atom. The van der Waals surface area contributed by atoms with Crippen molar-refractivity contribution in [2.24, 2.45) is 17.1 Å². The standard InChI is InChI=1S/C19H22F3N5O2/c1-25-17(29)26-6-4-18(5-7-26)11-27(10-15(18)16(24)28)13-3-2-12(9-23)14(8-13)19(20,21)22/h2-3,8,15H,4-7,10-11H2,1H3,(H2,24,28)(H,25,29). The molecule has 3 rings (SSSR count). The monoisotopic (exact) mass is 409 g/mol. The molecular weight excluding hydrogens is 387 g/mol. The first-order chi connectivity index (χ1) is 13.6. The summed E-state index contributed by atoms with van der Waals surface area (Å²) in [6.07, 6.45) is -3.58. The van der Waals surface area contributed by atoms with Gasteiger partial charge in [0.2, 0.25) is 5.91 Å². The number of halogens is 3. The van der Waals surface area contributed by atoms with Crippen LogP contribution in [0, 0.1) is 22.7 Å². The van der Waals surface area contributed by atoms with Gasteiger partial charge in [-0.15, -0.1) is 0 Å². The quantitative estimate of drug-likeness (QED) is 0.779. The number of nitrogens with zero attached hydrogens (tertiary/aromatic N) is 3. The third-order valence-corrected chi connectivity index (χ3v) is 6.05. The van der Waals surface area contributed by atoms with Crippen LogP contribution in [0.25, 0.3) is 0 Å². The summed E-state index contributed by atoms with van der Waals surface area (Å²) >= 11 is 0. The van der Waals surface area contributed by atoms with E-state index in [2.05, 4.69) is 5.32 Å². The summed E-state index contributed by atoms with van der Waals surface area (Å²) in [5.41, 5.74) is 3.99. The number of likely N-dealkylation sites (tertiary alicyclic amines) is 1. The van der Waals surface area contributed by atoms with Crippen molar-refractivity contribution in [3.8, 4) is 6.07 Å². The molecule has 1 aromatic rings. The lowest BCUT2D eigenvalue weighted by molar-refractivity contribution is -0.137. The predicted octanol–water partition coefficient (Wildman–Crippen LogP) is 1.92. The van der Waals surface area contributed by atoms with Gasteiger partial charge in [-0.25, -0.2) is 4.79 Å². The molecule has 7 nitrogen and oxygen atoms in total. The van der Waals surface area contributed by atoms with Gasteiger partial charge in [0.05, 0.1) is 23.1 Å². The summed E-state index contributed by atoms with van der Waals surface area (Å²) in [4.78, 5) is 27.3. The van der Waals surface area contributed by atoms with E-state index in [1.807, 2.05) is 0 Å². The van der Waals surface area contributed by atoms with Crippen molar-refractivity contribution in [1.29, 1.82) is 5.26 Å². The third kappa shape index (κ3) is 3.81. The zero-order valence-corrected chi connectivity index (χ0v) is 15.9. The smallest absolute Gasteiger partial charge is 0.370 e. The van der Waals surface area contributed by atoms with Gasteiger partial charge in [-0.3, -0.25) is 4.79 Å². The van der Waals surface area contributed by atoms with Crippen molar-refractivity contribution in [2.45, 2.75) is 19.0 Å². The highest BCUT2D eigenvalue weighted by molar-refractivity contribution is 5.80. The van der Waals surface area contributed by atoms with E-state index >= 15 is 0 Å². The van der Waals surface area contributed by atoms with E-state index in [-0.39, 0.29) is 12.6 Å². The molecule has 0 aliphatic carbocycles. The summed E-state index contributed by atoms with van der Waals surface area (Å²) in [5.74, 6) is -1.02. The number of amides is 3. The highest BCUT2D eigenvalue weighted by atomic mass is 19.4. The number of carbonyl (C=O) groups is 2. The Morgan fingerprint density at radius 1 is 1.31 bits per heavy atom. The van der Waals surface area contributed by atoms with Crippen LogP contribution in [-0.2, 0) is 11.0 Å². The van der Waals surface area contributed by atoms with Crippen LogP contribution in [0.1, 0.15) is 24.0 Å². The number of hydrogen-bond donors (Lipinski definition) is 2. The lowest BCUT2D eigenvalue weighted by Crippen LogP contribution is -2.50. The maximum absolute atomic E-state index is 13.3. The zero-order valence-electron chi connectivity index (χ0n) is 15.9. The number of carbonyl (C=O) groups excluding carboxylic acids is 2. The topological polar surface area (TPSA) is 102 Å². The second-order valence-electron chi connectivity index (χ2n) is 7.58. The van der Waals surface area contributed by atoms with E-state index in [1.165, 1.54) is 6.07 Å². The molecule has 1 aromatic carbocycles. The van der Waals surface area contributed by atoms with Crippen LogP contribution >= 0.6 is 0 Å². The number of nitrogens with two attached hydrogens (primary N) is 1. The predicted molar refractivity (Wildman–Crippen MR) is 98.8 cm³/mol. The fraction of sp³-hybridized carbons (Fsp3) is 0.526. The van der Waals surface area contributed by atoms with E-state index in [0.717, 1.165) is 12.1 Å². The number of nitrogens with one attached hydrogen (secondary N) is 1. The van der Waals surface area contributed by atoms with Gasteiger partial charge < -0.3 is 20.9 Å². The molecular formula is C19H22F3N5O2. The molecule has 156 valence electrons. The largest absolute Gasteiger partial charge is 0.417 e. The molecule has 0 aromatic heterocycles. The van der Waals surface area contributed by atoms with Crippen LogP contribution in [0.5, 0.6) is 0 Å². The molecule has 2 aliphatic heterocycles. The Kier molecular flexibility index (Phi) is 5.34. The molecule has 1 spiro atoms. The van der Waals surface area contributed by atoms with Crippen molar-refractivity contribution in [2.75, 3.05) is 38.1 Å². The van der Waals surface area contributed by atoms with E-state index in [9.17, 15) is 22.8 Å². The number of anilines is 1. The molecule has 3 N–H and O–H groups in total. The van der Waals surface area contributed by atoms with Crippen molar-refractivity contribution in [3.05, 3.63) is 29.3 Å². The van der Waals surface area contributed by atoms with Crippen LogP contribution in [0.4, 0.5) is 23.7 Å². The Hall–Kier alpha value is -2.96. The van der Waals surface area contributed by atoms with Crippen molar-refractivity contribution in [1.82, 2.24) is 10.2 Å². The average molecular weight is 409 g/mol. The molecule has 0 bridgehead atoms. The van der Waals surface area contributed by atoms with Gasteiger partial charge in [0.25, 0.3) is 0 Å². The normalized spacial score (nSPS) is 21.1. The summed E-state index contributed by atoms with van der Waals surface area (Å²) in [7, 11) is 1.54. The Morgan fingerprint density at radius 3 is 2.48 bits per heavy atom. The number of urea groups is 1. The van der Waals surface area contributed by atoms with Crippen molar-refractivity contribution >= 4 is 17.6 Å². The van der Waals surface area contributed by atoms with Gasteiger partial charge in [-0.1, -0.05) is 0 Å². The summed E-state index contributed by atoms with van der Waals surface area (Å²) < 4.78 is 40.0. The van der Waals surface area contributed by atoms with Gasteiger partial charge in [-0.05, 0) is 31.0 Å². The van der Waals surface area contributed by atoms with Crippen LogP contribution < -0.4 is 16.0 Å². The maximum atomic E-state index is 13.3. The molecule has 1 unspecified atom stereocenters. The number of rotatable bonds is 2. The first-order valence-corrected chi connectivity index (χ1v) is 9.23. The first-order valence-electron chi connectivity index (χ1n) is 9.23. The number of hydrogen-bond acceptors (Lipinski definition) is 4. The number of piperidine rings is 1. The van der Waals surface area contributed by atoms with Gasteiger partial charge in [0.1, 0.15) is 0 Å². The lowest BCUT2D eigenvalue weighted by Gasteiger charge is -2.41. The van der Waals surface area contributed by atoms with Crippen LogP contribution in [0.3, 0.4) is 0 Å². The van der Waals surface area contributed by atoms with Gasteiger partial charge >= 0.3 is 12.2 Å². The molecule has 1 atom stereocenters. The van der Waals surface area contributed by atoms with Gasteiger partial charge in [0, 0.05) is 44.3 Å². The molecule has 2 fully saturated rings.